The molecule has 1 aromatic heterocycles. The van der Waals surface area contributed by atoms with E-state index >= 15 is 0 Å². The predicted molar refractivity (Wildman–Crippen MR) is 76.5 cm³/mol. The van der Waals surface area contributed by atoms with Gasteiger partial charge < -0.3 is 5.11 Å². The van der Waals surface area contributed by atoms with Crippen LogP contribution < -0.4 is 5.56 Å². The number of fused-ring (bicyclic) bond motifs is 2. The maximum atomic E-state index is 12.3. The van der Waals surface area contributed by atoms with Gasteiger partial charge in [0.05, 0.1) is 16.5 Å². The lowest BCUT2D eigenvalue weighted by Gasteiger charge is -2.04. The third kappa shape index (κ3) is 2.02. The molecule has 19 heavy (non-hydrogen) atoms. The number of thiol groups is 1. The first kappa shape index (κ1) is 12.6. The minimum absolute atomic E-state index is 0.117. The van der Waals surface area contributed by atoms with Crippen molar-refractivity contribution in [3.05, 3.63) is 34.1 Å². The molecule has 2 heterocycles. The van der Waals surface area contributed by atoms with Gasteiger partial charge in [-0.1, -0.05) is 11.8 Å². The maximum absolute atomic E-state index is 12.3. The number of carbonyl (C=O) groups is 1. The van der Waals surface area contributed by atoms with E-state index in [9.17, 15) is 9.59 Å². The summed E-state index contributed by atoms with van der Waals surface area (Å²) < 4.78 is 1.63. The van der Waals surface area contributed by atoms with Gasteiger partial charge in [0.1, 0.15) is 0 Å². The number of aromatic carboxylic acids is 1. The molecule has 1 aliphatic rings. The molecule has 7 heteroatoms. The Hall–Kier alpha value is -1.47. The zero-order chi connectivity index (χ0) is 13.6. The first-order chi connectivity index (χ1) is 9.10. The second-order valence-electron chi connectivity index (χ2n) is 4.27. The van der Waals surface area contributed by atoms with E-state index in [1.807, 2.05) is 0 Å². The number of nitrogens with zero attached hydrogens (tertiary/aromatic N) is 2. The molecule has 0 fully saturated rings. The van der Waals surface area contributed by atoms with Gasteiger partial charge in [0.2, 0.25) is 0 Å². The van der Waals surface area contributed by atoms with E-state index in [1.54, 1.807) is 4.57 Å². The fourth-order valence-electron chi connectivity index (χ4n) is 2.07. The van der Waals surface area contributed by atoms with Gasteiger partial charge in [-0.05, 0) is 18.2 Å². The highest BCUT2D eigenvalue weighted by Gasteiger charge is 2.24. The summed E-state index contributed by atoms with van der Waals surface area (Å²) in [5.41, 5.74) is 0.454. The normalized spacial score (nSPS) is 17.6. The Morgan fingerprint density at radius 1 is 1.58 bits per heavy atom. The molecule has 0 saturated carbocycles. The lowest BCUT2D eigenvalue weighted by molar-refractivity contribution is 0.0697. The Bertz CT molecular complexity index is 742. The molecule has 0 saturated heterocycles. The molecule has 5 nitrogen and oxygen atoms in total. The van der Waals surface area contributed by atoms with Crippen molar-refractivity contribution in [3.63, 3.8) is 0 Å². The Morgan fingerprint density at radius 2 is 2.37 bits per heavy atom. The van der Waals surface area contributed by atoms with E-state index in [0.717, 1.165) is 0 Å². The predicted octanol–water partition coefficient (Wildman–Crippen LogP) is 1.50. The van der Waals surface area contributed by atoms with Gasteiger partial charge in [-0.25, -0.2) is 9.78 Å². The number of carboxylic acids is 1. The first-order valence-electron chi connectivity index (χ1n) is 5.65. The molecule has 0 unspecified atom stereocenters. The number of aromatic nitrogens is 2. The SMILES string of the molecule is O=C(O)c1ccc2c(=O)n3c(nc2c1)S[C@@H](CS)C3. The van der Waals surface area contributed by atoms with Crippen molar-refractivity contribution < 1.29 is 9.90 Å². The fraction of sp³-hybridized carbons (Fsp3) is 0.250. The van der Waals surface area contributed by atoms with Crippen molar-refractivity contribution >= 4 is 41.3 Å². The van der Waals surface area contributed by atoms with Crippen LogP contribution in [0.25, 0.3) is 10.9 Å². The van der Waals surface area contributed by atoms with Gasteiger partial charge in [0.15, 0.2) is 5.16 Å². The highest BCUT2D eigenvalue weighted by Crippen LogP contribution is 2.30. The van der Waals surface area contributed by atoms with Crippen LogP contribution in [-0.4, -0.2) is 31.6 Å². The van der Waals surface area contributed by atoms with Crippen molar-refractivity contribution in [3.8, 4) is 0 Å². The summed E-state index contributed by atoms with van der Waals surface area (Å²) in [6, 6.07) is 4.40. The van der Waals surface area contributed by atoms with Crippen molar-refractivity contribution in [2.24, 2.45) is 0 Å². The van der Waals surface area contributed by atoms with Crippen LogP contribution in [0.3, 0.4) is 0 Å². The largest absolute Gasteiger partial charge is 0.478 e. The highest BCUT2D eigenvalue weighted by atomic mass is 32.2. The van der Waals surface area contributed by atoms with E-state index in [2.05, 4.69) is 17.6 Å². The number of hydrogen-bond acceptors (Lipinski definition) is 5. The Balaban J connectivity index is 2.23. The van der Waals surface area contributed by atoms with E-state index in [0.29, 0.717) is 28.4 Å². The molecular weight excluding hydrogens is 284 g/mol. The molecule has 1 aromatic carbocycles. The van der Waals surface area contributed by atoms with E-state index in [-0.39, 0.29) is 16.4 Å². The molecule has 1 aliphatic heterocycles. The van der Waals surface area contributed by atoms with Gasteiger partial charge in [0, 0.05) is 17.5 Å². The number of hydrogen-bond donors (Lipinski definition) is 2. The minimum atomic E-state index is -1.02. The van der Waals surface area contributed by atoms with Crippen molar-refractivity contribution in [1.29, 1.82) is 0 Å². The highest BCUT2D eigenvalue weighted by molar-refractivity contribution is 8.00. The molecule has 98 valence electrons. The van der Waals surface area contributed by atoms with Crippen LogP contribution in [0.15, 0.2) is 28.2 Å². The van der Waals surface area contributed by atoms with Gasteiger partial charge in [-0.15, -0.1) is 0 Å². The maximum Gasteiger partial charge on any atom is 0.335 e. The minimum Gasteiger partial charge on any atom is -0.478 e. The molecule has 1 N–H and O–H groups in total. The summed E-state index contributed by atoms with van der Waals surface area (Å²) >= 11 is 5.75. The summed E-state index contributed by atoms with van der Waals surface area (Å²) in [7, 11) is 0. The molecular formula is C12H10N2O3S2. The molecule has 0 radical (unpaired) electrons. The quantitative estimate of drug-likeness (QED) is 0.649. The summed E-state index contributed by atoms with van der Waals surface area (Å²) in [5.74, 6) is -0.352. The zero-order valence-electron chi connectivity index (χ0n) is 9.74. The molecule has 0 bridgehead atoms. The van der Waals surface area contributed by atoms with Crippen LogP contribution in [0.4, 0.5) is 0 Å². The Kier molecular flexibility index (Phi) is 3.02. The van der Waals surface area contributed by atoms with Crippen LogP contribution in [0.5, 0.6) is 0 Å². The molecule has 3 rings (SSSR count). The first-order valence-corrected chi connectivity index (χ1v) is 7.17. The van der Waals surface area contributed by atoms with Gasteiger partial charge in [-0.3, -0.25) is 9.36 Å². The Labute approximate surface area is 118 Å². The molecule has 0 amide bonds. The second kappa shape index (κ2) is 4.57. The third-order valence-electron chi connectivity index (χ3n) is 3.03. The Morgan fingerprint density at radius 3 is 3.05 bits per heavy atom. The van der Waals surface area contributed by atoms with Gasteiger partial charge in [-0.2, -0.15) is 12.6 Å². The molecule has 2 aromatic rings. The summed E-state index contributed by atoms with van der Waals surface area (Å²) in [6.07, 6.45) is 0. The average Bonchev–Trinajstić information content (AvgIpc) is 2.81. The van der Waals surface area contributed by atoms with Crippen molar-refractivity contribution in [2.75, 3.05) is 5.75 Å². The lowest BCUT2D eigenvalue weighted by atomic mass is 10.1. The topological polar surface area (TPSA) is 72.2 Å². The van der Waals surface area contributed by atoms with Crippen LogP contribution in [-0.2, 0) is 6.54 Å². The van der Waals surface area contributed by atoms with Crippen molar-refractivity contribution in [2.45, 2.75) is 17.0 Å². The summed E-state index contributed by atoms with van der Waals surface area (Å²) in [5, 5.41) is 10.3. The average molecular weight is 294 g/mol. The third-order valence-corrected chi connectivity index (χ3v) is 4.89. The monoisotopic (exact) mass is 294 g/mol. The lowest BCUT2D eigenvalue weighted by Crippen LogP contribution is -2.22. The fourth-order valence-corrected chi connectivity index (χ4v) is 3.44. The molecule has 1 atom stereocenters. The summed E-state index contributed by atoms with van der Waals surface area (Å²) in [4.78, 5) is 27.6. The number of carboxylic acid groups (broad SMARTS) is 1. The zero-order valence-corrected chi connectivity index (χ0v) is 11.4. The van der Waals surface area contributed by atoms with Crippen molar-refractivity contribution in [1.82, 2.24) is 9.55 Å². The van der Waals surface area contributed by atoms with Crippen LogP contribution in [0.2, 0.25) is 0 Å². The number of benzene rings is 1. The molecule has 0 aliphatic carbocycles. The van der Waals surface area contributed by atoms with E-state index < -0.39 is 5.97 Å². The molecule has 0 spiro atoms. The summed E-state index contributed by atoms with van der Waals surface area (Å²) in [6.45, 7) is 0.603. The second-order valence-corrected chi connectivity index (χ2v) is 5.90. The van der Waals surface area contributed by atoms with Crippen LogP contribution >= 0.6 is 24.4 Å². The van der Waals surface area contributed by atoms with Gasteiger partial charge >= 0.3 is 5.97 Å². The van der Waals surface area contributed by atoms with Crippen LogP contribution in [0, 0.1) is 0 Å². The standard InChI is InChI=1S/C12H10N2O3S2/c15-10-8-2-1-6(11(16)17)3-9(8)13-12-14(10)4-7(5-18)19-12/h1-3,7,18H,4-5H2,(H,16,17)/t7-/m1/s1. The number of thioether (sulfide) groups is 1. The van der Waals surface area contributed by atoms with E-state index in [4.69, 9.17) is 5.11 Å². The number of rotatable bonds is 2. The smallest absolute Gasteiger partial charge is 0.335 e. The van der Waals surface area contributed by atoms with E-state index in [1.165, 1.54) is 30.0 Å². The van der Waals surface area contributed by atoms with Gasteiger partial charge in [0.25, 0.3) is 5.56 Å². The van der Waals surface area contributed by atoms with Crippen LogP contribution in [0.1, 0.15) is 10.4 Å².